The van der Waals surface area contributed by atoms with Gasteiger partial charge in [0.2, 0.25) is 0 Å². The average molecular weight is 265 g/mol. The number of nitrogens with zero attached hydrogens (tertiary/aromatic N) is 1. The van der Waals surface area contributed by atoms with E-state index < -0.39 is 17.5 Å². The lowest BCUT2D eigenvalue weighted by molar-refractivity contribution is -0.384. The first kappa shape index (κ1) is 14.4. The number of hydrogen-bond acceptors (Lipinski definition) is 6. The van der Waals surface area contributed by atoms with Crippen LogP contribution in [0.1, 0.15) is 10.4 Å². The number of carbonyl (C=O) groups is 2. The van der Waals surface area contributed by atoms with Crippen LogP contribution in [0.25, 0.3) is 0 Å². The van der Waals surface area contributed by atoms with Gasteiger partial charge in [-0.05, 0) is 6.07 Å². The van der Waals surface area contributed by atoms with Crippen LogP contribution in [0.5, 0.6) is 5.75 Å². The second-order valence-electron chi connectivity index (χ2n) is 3.36. The van der Waals surface area contributed by atoms with Crippen molar-refractivity contribution in [2.24, 2.45) is 0 Å². The summed E-state index contributed by atoms with van der Waals surface area (Å²) in [4.78, 5) is 31.8. The molecular weight excluding hydrogens is 254 g/mol. The molecule has 0 spiro atoms. The fraction of sp³-hybridized carbons (Fsp3) is 0.167. The topological polar surface area (TPSA) is 95.7 Å². The number of nitro groups is 1. The molecule has 0 aliphatic heterocycles. The molecule has 0 heterocycles. The average Bonchev–Trinajstić information content (AvgIpc) is 2.42. The lowest BCUT2D eigenvalue weighted by atomic mass is 10.2. The molecule has 0 radical (unpaired) electrons. The monoisotopic (exact) mass is 265 g/mol. The summed E-state index contributed by atoms with van der Waals surface area (Å²) in [7, 11) is 0. The van der Waals surface area contributed by atoms with E-state index in [1.807, 2.05) is 0 Å². The van der Waals surface area contributed by atoms with Crippen LogP contribution in [0.4, 0.5) is 5.69 Å². The van der Waals surface area contributed by atoms with Crippen molar-refractivity contribution in [3.63, 3.8) is 0 Å². The molecular formula is C12H11NO6. The van der Waals surface area contributed by atoms with E-state index in [2.05, 4.69) is 11.3 Å². The predicted molar refractivity (Wildman–Crippen MR) is 65.1 cm³/mol. The third-order valence-electron chi connectivity index (χ3n) is 2.04. The first-order valence-corrected chi connectivity index (χ1v) is 5.21. The van der Waals surface area contributed by atoms with Gasteiger partial charge in [-0.25, -0.2) is 4.79 Å². The molecule has 0 saturated carbocycles. The minimum atomic E-state index is -0.630. The van der Waals surface area contributed by atoms with Crippen LogP contribution in [0.15, 0.2) is 30.9 Å². The molecule has 1 aromatic rings. The first-order chi connectivity index (χ1) is 9.08. The molecule has 0 N–H and O–H groups in total. The summed E-state index contributed by atoms with van der Waals surface area (Å²) >= 11 is 0. The summed E-state index contributed by atoms with van der Waals surface area (Å²) in [6.45, 7) is 3.04. The van der Waals surface area contributed by atoms with Crippen LogP contribution >= 0.6 is 0 Å². The van der Waals surface area contributed by atoms with Crippen LogP contribution in [-0.2, 0) is 9.53 Å². The van der Waals surface area contributed by atoms with E-state index in [1.54, 1.807) is 0 Å². The smallest absolute Gasteiger partial charge is 0.344 e. The van der Waals surface area contributed by atoms with Crippen LogP contribution < -0.4 is 4.74 Å². The molecule has 7 nitrogen and oxygen atoms in total. The summed E-state index contributed by atoms with van der Waals surface area (Å²) in [5, 5.41) is 10.5. The van der Waals surface area contributed by atoms with Crippen molar-refractivity contribution in [1.82, 2.24) is 0 Å². The molecule has 100 valence electrons. The highest BCUT2D eigenvalue weighted by molar-refractivity contribution is 5.81. The largest absolute Gasteiger partial charge is 0.481 e. The minimum absolute atomic E-state index is 0.00859. The van der Waals surface area contributed by atoms with Gasteiger partial charge < -0.3 is 9.47 Å². The zero-order chi connectivity index (χ0) is 14.3. The minimum Gasteiger partial charge on any atom is -0.481 e. The van der Waals surface area contributed by atoms with E-state index in [0.29, 0.717) is 6.29 Å². The maximum atomic E-state index is 11.2. The van der Waals surface area contributed by atoms with E-state index in [-0.39, 0.29) is 23.6 Å². The summed E-state index contributed by atoms with van der Waals surface area (Å²) in [5.74, 6) is -0.550. The van der Waals surface area contributed by atoms with Gasteiger partial charge >= 0.3 is 5.97 Å². The Labute approximate surface area is 108 Å². The predicted octanol–water partition coefficient (Wildman–Crippen LogP) is 1.52. The second-order valence-corrected chi connectivity index (χ2v) is 3.36. The normalized spacial score (nSPS) is 9.47. The molecule has 7 heteroatoms. The third kappa shape index (κ3) is 4.23. The fourth-order valence-electron chi connectivity index (χ4n) is 1.20. The third-order valence-corrected chi connectivity index (χ3v) is 2.04. The van der Waals surface area contributed by atoms with Crippen molar-refractivity contribution >= 4 is 17.9 Å². The Bertz CT molecular complexity index is 511. The Morgan fingerprint density at radius 2 is 2.21 bits per heavy atom. The van der Waals surface area contributed by atoms with Gasteiger partial charge in [0.1, 0.15) is 12.4 Å². The molecule has 0 atom stereocenters. The Balaban J connectivity index is 2.73. The molecule has 19 heavy (non-hydrogen) atoms. The van der Waals surface area contributed by atoms with Crippen LogP contribution in [0.3, 0.4) is 0 Å². The molecule has 1 aromatic carbocycles. The van der Waals surface area contributed by atoms with Crippen molar-refractivity contribution in [3.8, 4) is 5.75 Å². The Kier molecular flexibility index (Phi) is 5.21. The lowest BCUT2D eigenvalue weighted by Crippen LogP contribution is -2.15. The molecule has 1 rings (SSSR count). The fourth-order valence-corrected chi connectivity index (χ4v) is 1.20. The van der Waals surface area contributed by atoms with Crippen molar-refractivity contribution in [1.29, 1.82) is 0 Å². The number of nitro benzene ring substituents is 1. The van der Waals surface area contributed by atoms with E-state index in [4.69, 9.17) is 4.74 Å². The van der Waals surface area contributed by atoms with Gasteiger partial charge in [0, 0.05) is 12.1 Å². The maximum absolute atomic E-state index is 11.2. The van der Waals surface area contributed by atoms with Gasteiger partial charge in [0.05, 0.1) is 10.5 Å². The van der Waals surface area contributed by atoms with Crippen molar-refractivity contribution in [3.05, 3.63) is 46.5 Å². The lowest BCUT2D eigenvalue weighted by Gasteiger charge is -2.07. The molecule has 0 bridgehead atoms. The second kappa shape index (κ2) is 6.90. The number of non-ortho nitro benzene ring substituents is 1. The Morgan fingerprint density at radius 1 is 1.47 bits per heavy atom. The molecule has 0 fully saturated rings. The number of esters is 1. The zero-order valence-electron chi connectivity index (χ0n) is 9.90. The molecule has 0 aliphatic carbocycles. The zero-order valence-corrected chi connectivity index (χ0v) is 9.90. The Morgan fingerprint density at radius 3 is 2.79 bits per heavy atom. The Hall–Kier alpha value is -2.70. The van der Waals surface area contributed by atoms with Crippen LogP contribution in [-0.4, -0.2) is 30.4 Å². The summed E-state index contributed by atoms with van der Waals surface area (Å²) in [6.07, 6.45) is 1.82. The number of benzene rings is 1. The summed E-state index contributed by atoms with van der Waals surface area (Å²) < 4.78 is 9.73. The van der Waals surface area contributed by atoms with Gasteiger partial charge in [-0.3, -0.25) is 14.9 Å². The van der Waals surface area contributed by atoms with E-state index in [0.717, 1.165) is 6.07 Å². The van der Waals surface area contributed by atoms with E-state index >= 15 is 0 Å². The van der Waals surface area contributed by atoms with Crippen molar-refractivity contribution in [2.45, 2.75) is 0 Å². The first-order valence-electron chi connectivity index (χ1n) is 5.21. The molecule has 0 aliphatic rings. The van der Waals surface area contributed by atoms with Crippen molar-refractivity contribution in [2.75, 3.05) is 13.2 Å². The standard InChI is InChI=1S/C12H11NO6/c1-2-5-18-12(15)8-19-11-4-3-10(13(16)17)6-9(11)7-14/h2-4,6-7H,1,5,8H2. The van der Waals surface area contributed by atoms with E-state index in [1.165, 1.54) is 18.2 Å². The van der Waals surface area contributed by atoms with Gasteiger partial charge in [0.15, 0.2) is 12.9 Å². The highest BCUT2D eigenvalue weighted by Gasteiger charge is 2.12. The van der Waals surface area contributed by atoms with Gasteiger partial charge in [-0.1, -0.05) is 12.7 Å². The molecule has 0 amide bonds. The summed E-state index contributed by atoms with van der Waals surface area (Å²) in [5.41, 5.74) is -0.241. The number of hydrogen-bond donors (Lipinski definition) is 0. The molecule has 0 aromatic heterocycles. The van der Waals surface area contributed by atoms with Gasteiger partial charge in [-0.2, -0.15) is 0 Å². The molecule has 0 unspecified atom stereocenters. The van der Waals surface area contributed by atoms with Gasteiger partial charge in [-0.15, -0.1) is 0 Å². The molecule has 0 saturated heterocycles. The SMILES string of the molecule is C=CCOC(=O)COc1ccc([N+](=O)[O-])cc1C=O. The van der Waals surface area contributed by atoms with E-state index in [9.17, 15) is 19.7 Å². The number of aldehydes is 1. The van der Waals surface area contributed by atoms with Crippen LogP contribution in [0.2, 0.25) is 0 Å². The summed E-state index contributed by atoms with van der Waals surface area (Å²) in [6, 6.07) is 3.50. The highest BCUT2D eigenvalue weighted by Crippen LogP contribution is 2.22. The van der Waals surface area contributed by atoms with Crippen molar-refractivity contribution < 1.29 is 24.0 Å². The number of ether oxygens (including phenoxy) is 2. The van der Waals surface area contributed by atoms with Gasteiger partial charge in [0.25, 0.3) is 5.69 Å². The highest BCUT2D eigenvalue weighted by atomic mass is 16.6. The number of rotatable bonds is 7. The number of carbonyl (C=O) groups excluding carboxylic acids is 2. The quantitative estimate of drug-likeness (QED) is 0.244. The maximum Gasteiger partial charge on any atom is 0.344 e. The van der Waals surface area contributed by atoms with Crippen LogP contribution in [0, 0.1) is 10.1 Å².